The first-order chi connectivity index (χ1) is 9.76. The molecule has 0 nitrogen and oxygen atoms in total. The Balaban J connectivity index is 2.08. The monoisotopic (exact) mass is 310 g/mol. The molecule has 0 spiro atoms. The van der Waals surface area contributed by atoms with Crippen LogP contribution in [0.2, 0.25) is 0 Å². The summed E-state index contributed by atoms with van der Waals surface area (Å²) >= 11 is 8.77. The Hall–Kier alpha value is -0.140. The van der Waals surface area contributed by atoms with Crippen molar-refractivity contribution in [3.63, 3.8) is 0 Å². The normalized spacial score (nSPS) is 26.6. The molecule has 3 atom stereocenters. The lowest BCUT2D eigenvalue weighted by atomic mass is 9.88. The Bertz CT molecular complexity index is 387. The molecular formula is C18H27ClS. The Kier molecular flexibility index (Phi) is 6.77. The van der Waals surface area contributed by atoms with Crippen molar-refractivity contribution in [1.29, 1.82) is 0 Å². The second kappa shape index (κ2) is 8.34. The SMILES string of the molecule is CCCCC[C@@H]1[C@@H](Cl)CCS[C@H]1c1ccc(CC)cc1. The van der Waals surface area contributed by atoms with E-state index in [-0.39, 0.29) is 0 Å². The second-order valence-electron chi connectivity index (χ2n) is 5.85. The lowest BCUT2D eigenvalue weighted by Gasteiger charge is -2.35. The average Bonchev–Trinajstić information content (AvgIpc) is 2.49. The molecule has 0 unspecified atom stereocenters. The minimum Gasteiger partial charge on any atom is -0.153 e. The number of benzene rings is 1. The highest BCUT2D eigenvalue weighted by Gasteiger charge is 2.33. The summed E-state index contributed by atoms with van der Waals surface area (Å²) in [4.78, 5) is 0. The topological polar surface area (TPSA) is 0 Å². The molecule has 1 fully saturated rings. The minimum atomic E-state index is 0.365. The fourth-order valence-electron chi connectivity index (χ4n) is 3.08. The van der Waals surface area contributed by atoms with Gasteiger partial charge in [0.05, 0.1) is 0 Å². The van der Waals surface area contributed by atoms with Crippen LogP contribution in [0.1, 0.15) is 62.3 Å². The van der Waals surface area contributed by atoms with Gasteiger partial charge in [0.15, 0.2) is 0 Å². The smallest absolute Gasteiger partial charge is 0.0385 e. The Morgan fingerprint density at radius 3 is 2.55 bits per heavy atom. The molecule has 2 heteroatoms. The average molecular weight is 311 g/mol. The van der Waals surface area contributed by atoms with Crippen LogP contribution in [-0.2, 0) is 6.42 Å². The molecule has 2 rings (SSSR count). The summed E-state index contributed by atoms with van der Waals surface area (Å²) in [7, 11) is 0. The fourth-order valence-corrected chi connectivity index (χ4v) is 5.25. The molecule has 1 aromatic rings. The number of halogens is 1. The maximum absolute atomic E-state index is 6.65. The van der Waals surface area contributed by atoms with Crippen molar-refractivity contribution in [3.8, 4) is 0 Å². The van der Waals surface area contributed by atoms with Crippen LogP contribution in [0.3, 0.4) is 0 Å². The van der Waals surface area contributed by atoms with Crippen molar-refractivity contribution in [2.75, 3.05) is 5.75 Å². The third kappa shape index (κ3) is 4.18. The van der Waals surface area contributed by atoms with Crippen molar-refractivity contribution in [2.24, 2.45) is 5.92 Å². The van der Waals surface area contributed by atoms with Crippen LogP contribution in [-0.4, -0.2) is 11.1 Å². The van der Waals surface area contributed by atoms with E-state index < -0.39 is 0 Å². The second-order valence-corrected chi connectivity index (χ2v) is 7.66. The molecule has 1 aliphatic rings. The molecule has 0 bridgehead atoms. The molecule has 0 radical (unpaired) electrons. The van der Waals surface area contributed by atoms with Gasteiger partial charge in [-0.3, -0.25) is 0 Å². The molecule has 1 heterocycles. The molecule has 0 saturated carbocycles. The first kappa shape index (κ1) is 16.2. The summed E-state index contributed by atoms with van der Waals surface area (Å²) in [5.41, 5.74) is 2.92. The molecule has 0 aliphatic carbocycles. The lowest BCUT2D eigenvalue weighted by molar-refractivity contribution is 0.412. The number of aryl methyl sites for hydroxylation is 1. The zero-order valence-electron chi connectivity index (χ0n) is 12.8. The molecule has 20 heavy (non-hydrogen) atoms. The van der Waals surface area contributed by atoms with E-state index in [9.17, 15) is 0 Å². The standard InChI is InChI=1S/C18H27ClS/c1-3-5-6-7-16-17(19)12-13-20-18(16)15-10-8-14(4-2)9-11-15/h8-11,16-18H,3-7,12-13H2,1-2H3/t16-,17+,18+/m1/s1. The van der Waals surface area contributed by atoms with Crippen molar-refractivity contribution < 1.29 is 0 Å². The van der Waals surface area contributed by atoms with E-state index in [0.29, 0.717) is 16.5 Å². The van der Waals surface area contributed by atoms with Crippen molar-refractivity contribution in [2.45, 2.75) is 63.0 Å². The van der Waals surface area contributed by atoms with Crippen LogP contribution >= 0.6 is 23.4 Å². The van der Waals surface area contributed by atoms with Gasteiger partial charge in [0.1, 0.15) is 0 Å². The molecule has 1 aliphatic heterocycles. The van der Waals surface area contributed by atoms with Gasteiger partial charge in [-0.15, -0.1) is 11.6 Å². The first-order valence-corrected chi connectivity index (χ1v) is 9.59. The Morgan fingerprint density at radius 1 is 1.15 bits per heavy atom. The Labute approximate surface area is 133 Å². The van der Waals surface area contributed by atoms with Crippen molar-refractivity contribution in [1.82, 2.24) is 0 Å². The highest BCUT2D eigenvalue weighted by molar-refractivity contribution is 7.99. The highest BCUT2D eigenvalue weighted by atomic mass is 35.5. The van der Waals surface area contributed by atoms with E-state index in [1.54, 1.807) is 0 Å². The maximum Gasteiger partial charge on any atom is 0.0385 e. The summed E-state index contributed by atoms with van der Waals surface area (Å²) < 4.78 is 0. The molecule has 0 aromatic heterocycles. The lowest BCUT2D eigenvalue weighted by Crippen LogP contribution is -2.26. The predicted octanol–water partition coefficient (Wildman–Crippen LogP) is 6.23. The molecule has 1 saturated heterocycles. The van der Waals surface area contributed by atoms with Gasteiger partial charge in [-0.25, -0.2) is 0 Å². The highest BCUT2D eigenvalue weighted by Crippen LogP contribution is 2.46. The summed E-state index contributed by atoms with van der Waals surface area (Å²) in [6.07, 6.45) is 7.54. The van der Waals surface area contributed by atoms with Gasteiger partial charge >= 0.3 is 0 Å². The summed E-state index contributed by atoms with van der Waals surface area (Å²) in [5.74, 6) is 1.85. The molecule has 1 aromatic carbocycles. The minimum absolute atomic E-state index is 0.365. The zero-order chi connectivity index (χ0) is 14.4. The van der Waals surface area contributed by atoms with Crippen LogP contribution in [0, 0.1) is 5.92 Å². The van der Waals surface area contributed by atoms with Gasteiger partial charge in [0, 0.05) is 10.6 Å². The summed E-state index contributed by atoms with van der Waals surface area (Å²) in [6, 6.07) is 9.24. The van der Waals surface area contributed by atoms with Crippen LogP contribution < -0.4 is 0 Å². The van der Waals surface area contributed by atoms with Gasteiger partial charge < -0.3 is 0 Å². The quantitative estimate of drug-likeness (QED) is 0.443. The van der Waals surface area contributed by atoms with Gasteiger partial charge in [0.25, 0.3) is 0 Å². The largest absolute Gasteiger partial charge is 0.153 e. The third-order valence-corrected chi connectivity index (χ3v) is 6.40. The van der Waals surface area contributed by atoms with E-state index in [2.05, 4.69) is 49.9 Å². The number of unbranched alkanes of at least 4 members (excludes halogenated alkanes) is 2. The van der Waals surface area contributed by atoms with Crippen LogP contribution in [0.25, 0.3) is 0 Å². The number of rotatable bonds is 6. The van der Waals surface area contributed by atoms with Gasteiger partial charge in [-0.2, -0.15) is 11.8 Å². The fraction of sp³-hybridized carbons (Fsp3) is 0.667. The van der Waals surface area contributed by atoms with Crippen LogP contribution in [0.4, 0.5) is 0 Å². The van der Waals surface area contributed by atoms with Gasteiger partial charge in [-0.1, -0.05) is 57.4 Å². The van der Waals surface area contributed by atoms with Crippen molar-refractivity contribution in [3.05, 3.63) is 35.4 Å². The Morgan fingerprint density at radius 2 is 1.90 bits per heavy atom. The van der Waals surface area contributed by atoms with E-state index in [0.717, 1.165) is 6.42 Å². The number of hydrogen-bond donors (Lipinski definition) is 0. The third-order valence-electron chi connectivity index (χ3n) is 4.40. The first-order valence-electron chi connectivity index (χ1n) is 8.10. The van der Waals surface area contributed by atoms with Crippen LogP contribution in [0.5, 0.6) is 0 Å². The number of thioether (sulfide) groups is 1. The zero-order valence-corrected chi connectivity index (χ0v) is 14.3. The van der Waals surface area contributed by atoms with E-state index >= 15 is 0 Å². The molecular weight excluding hydrogens is 284 g/mol. The summed E-state index contributed by atoms with van der Waals surface area (Å²) in [5, 5.41) is 0.970. The number of hydrogen-bond acceptors (Lipinski definition) is 1. The summed E-state index contributed by atoms with van der Waals surface area (Å²) in [6.45, 7) is 4.49. The molecule has 0 amide bonds. The van der Waals surface area contributed by atoms with E-state index in [1.165, 1.54) is 49.0 Å². The van der Waals surface area contributed by atoms with Crippen LogP contribution in [0.15, 0.2) is 24.3 Å². The van der Waals surface area contributed by atoms with Gasteiger partial charge in [-0.05, 0) is 42.1 Å². The molecule has 0 N–H and O–H groups in total. The predicted molar refractivity (Wildman–Crippen MR) is 92.9 cm³/mol. The number of alkyl halides is 1. The van der Waals surface area contributed by atoms with Crippen molar-refractivity contribution >= 4 is 23.4 Å². The van der Waals surface area contributed by atoms with E-state index in [4.69, 9.17) is 11.6 Å². The van der Waals surface area contributed by atoms with E-state index in [1.807, 2.05) is 0 Å². The van der Waals surface area contributed by atoms with Gasteiger partial charge in [0.2, 0.25) is 0 Å². The molecule has 112 valence electrons. The maximum atomic E-state index is 6.65.